The minimum absolute atomic E-state index is 0.447. The summed E-state index contributed by atoms with van der Waals surface area (Å²) in [6, 6.07) is 22.0. The smallest absolute Gasteiger partial charge is 0.231 e. The van der Waals surface area contributed by atoms with Gasteiger partial charge in [0.25, 0.3) is 0 Å². The van der Waals surface area contributed by atoms with Crippen molar-refractivity contribution >= 4 is 28.1 Å². The first-order chi connectivity index (χ1) is 15.7. The van der Waals surface area contributed by atoms with Gasteiger partial charge in [0, 0.05) is 22.5 Å². The van der Waals surface area contributed by atoms with Crippen LogP contribution in [0.3, 0.4) is 0 Å². The van der Waals surface area contributed by atoms with Gasteiger partial charge in [0.2, 0.25) is 5.55 Å². The zero-order valence-corrected chi connectivity index (χ0v) is 18.6. The molecule has 5 nitrogen and oxygen atoms in total. The Labute approximate surface area is 189 Å². The van der Waals surface area contributed by atoms with Crippen LogP contribution in [0.5, 0.6) is 5.75 Å². The molecular weight excluding hydrogens is 418 g/mol. The maximum Gasteiger partial charge on any atom is 0.231 e. The molecule has 5 rings (SSSR count). The highest BCUT2D eigenvalue weighted by Crippen LogP contribution is 2.31. The Morgan fingerprint density at radius 1 is 1.03 bits per heavy atom. The van der Waals surface area contributed by atoms with E-state index in [1.807, 2.05) is 42.5 Å². The number of ether oxygens (including phenoxy) is 1. The maximum atomic E-state index is 6.25. The van der Waals surface area contributed by atoms with E-state index in [0.29, 0.717) is 22.7 Å². The third-order valence-electron chi connectivity index (χ3n) is 5.22. The van der Waals surface area contributed by atoms with Crippen molar-refractivity contribution in [2.45, 2.75) is 13.3 Å². The number of fused-ring (bicyclic) bond motifs is 1. The van der Waals surface area contributed by atoms with Gasteiger partial charge < -0.3 is 9.15 Å². The van der Waals surface area contributed by atoms with E-state index in [1.165, 1.54) is 5.56 Å². The fourth-order valence-electron chi connectivity index (χ4n) is 3.49. The van der Waals surface area contributed by atoms with Crippen molar-refractivity contribution in [3.63, 3.8) is 0 Å². The SMILES string of the molecule is CCc1ccc(-c2csc(-c3cc4cccc(OC)c4o/c3=N\c3ccccn3)n2)cc1. The molecule has 0 N–H and O–H groups in total. The van der Waals surface area contributed by atoms with Crippen LogP contribution in [0.25, 0.3) is 32.8 Å². The molecule has 3 heterocycles. The molecule has 0 fully saturated rings. The summed E-state index contributed by atoms with van der Waals surface area (Å²) in [7, 11) is 1.63. The zero-order chi connectivity index (χ0) is 21.9. The Morgan fingerprint density at radius 2 is 1.91 bits per heavy atom. The molecule has 5 aromatic rings. The van der Waals surface area contributed by atoms with E-state index in [4.69, 9.17) is 14.1 Å². The largest absolute Gasteiger partial charge is 0.493 e. The highest BCUT2D eigenvalue weighted by molar-refractivity contribution is 7.13. The second-order valence-electron chi connectivity index (χ2n) is 7.23. The van der Waals surface area contributed by atoms with Gasteiger partial charge in [-0.25, -0.2) is 9.97 Å². The van der Waals surface area contributed by atoms with Crippen LogP contribution in [0.4, 0.5) is 5.82 Å². The van der Waals surface area contributed by atoms with Gasteiger partial charge in [0.15, 0.2) is 17.2 Å². The normalized spacial score (nSPS) is 11.8. The van der Waals surface area contributed by atoms with Crippen molar-refractivity contribution in [2.75, 3.05) is 7.11 Å². The summed E-state index contributed by atoms with van der Waals surface area (Å²) in [4.78, 5) is 13.9. The summed E-state index contributed by atoms with van der Waals surface area (Å²) in [6.07, 6.45) is 2.73. The molecule has 0 radical (unpaired) electrons. The number of benzene rings is 2. The van der Waals surface area contributed by atoms with E-state index in [-0.39, 0.29) is 0 Å². The van der Waals surface area contributed by atoms with Crippen molar-refractivity contribution in [2.24, 2.45) is 4.99 Å². The number of pyridine rings is 1. The van der Waals surface area contributed by atoms with Crippen molar-refractivity contribution in [3.05, 3.63) is 89.4 Å². The number of thiazole rings is 1. The fourth-order valence-corrected chi connectivity index (χ4v) is 4.32. The molecule has 0 spiro atoms. The Kier molecular flexibility index (Phi) is 5.52. The highest BCUT2D eigenvalue weighted by Gasteiger charge is 2.14. The zero-order valence-electron chi connectivity index (χ0n) is 17.8. The first-order valence-corrected chi connectivity index (χ1v) is 11.2. The summed E-state index contributed by atoms with van der Waals surface area (Å²) < 4.78 is 11.7. The predicted octanol–water partition coefficient (Wildman–Crippen LogP) is 6.42. The minimum Gasteiger partial charge on any atom is -0.493 e. The van der Waals surface area contributed by atoms with Crippen LogP contribution in [0.15, 0.2) is 87.7 Å². The average molecular weight is 440 g/mol. The van der Waals surface area contributed by atoms with Crippen molar-refractivity contribution in [3.8, 4) is 27.6 Å². The molecule has 0 unspecified atom stereocenters. The lowest BCUT2D eigenvalue weighted by Gasteiger charge is -2.06. The Hall–Kier alpha value is -3.77. The number of para-hydroxylation sites is 1. The number of hydrogen-bond donors (Lipinski definition) is 0. The number of aryl methyl sites for hydroxylation is 1. The van der Waals surface area contributed by atoms with Crippen LogP contribution in [-0.2, 0) is 6.42 Å². The lowest BCUT2D eigenvalue weighted by molar-refractivity contribution is 0.406. The second kappa shape index (κ2) is 8.77. The van der Waals surface area contributed by atoms with Crippen molar-refractivity contribution in [1.29, 1.82) is 0 Å². The lowest BCUT2D eigenvalue weighted by atomic mass is 10.1. The van der Waals surface area contributed by atoms with Crippen molar-refractivity contribution < 1.29 is 9.15 Å². The molecule has 0 aliphatic rings. The monoisotopic (exact) mass is 439 g/mol. The van der Waals surface area contributed by atoms with Gasteiger partial charge in [0.1, 0.15) is 5.01 Å². The van der Waals surface area contributed by atoms with E-state index in [9.17, 15) is 0 Å². The first kappa shape index (κ1) is 20.2. The van der Waals surface area contributed by atoms with Crippen LogP contribution in [0, 0.1) is 0 Å². The van der Waals surface area contributed by atoms with Gasteiger partial charge in [-0.15, -0.1) is 11.3 Å². The van der Waals surface area contributed by atoms with E-state index in [1.54, 1.807) is 24.6 Å². The van der Waals surface area contributed by atoms with Crippen LogP contribution in [0.2, 0.25) is 0 Å². The second-order valence-corrected chi connectivity index (χ2v) is 8.09. The highest BCUT2D eigenvalue weighted by atomic mass is 32.1. The predicted molar refractivity (Wildman–Crippen MR) is 128 cm³/mol. The molecule has 0 saturated carbocycles. The first-order valence-electron chi connectivity index (χ1n) is 10.4. The summed E-state index contributed by atoms with van der Waals surface area (Å²) >= 11 is 1.57. The topological polar surface area (TPSA) is 60.5 Å². The van der Waals surface area contributed by atoms with E-state index in [2.05, 4.69) is 46.5 Å². The van der Waals surface area contributed by atoms with Crippen LogP contribution in [-0.4, -0.2) is 17.1 Å². The molecule has 0 aliphatic heterocycles. The molecule has 32 heavy (non-hydrogen) atoms. The molecule has 0 saturated heterocycles. The van der Waals surface area contributed by atoms with E-state index < -0.39 is 0 Å². The molecular formula is C26H21N3O2S. The number of methoxy groups -OCH3 is 1. The number of nitrogens with zero attached hydrogens (tertiary/aromatic N) is 3. The molecule has 3 aromatic heterocycles. The van der Waals surface area contributed by atoms with Gasteiger partial charge in [-0.2, -0.15) is 4.99 Å². The summed E-state index contributed by atoms with van der Waals surface area (Å²) in [5.74, 6) is 1.22. The Bertz CT molecular complexity index is 1440. The Balaban J connectivity index is 1.68. The standard InChI is InChI=1S/C26H21N3O2S/c1-3-17-10-12-18(13-11-17)21-16-32-26(28-21)20-15-19-7-6-8-22(30-2)24(19)31-25(20)29-23-9-4-5-14-27-23/h4-16H,3H2,1-2H3/b29-25-. The summed E-state index contributed by atoms with van der Waals surface area (Å²) in [5, 5.41) is 3.82. The minimum atomic E-state index is 0.447. The van der Waals surface area contributed by atoms with Crippen molar-refractivity contribution in [1.82, 2.24) is 9.97 Å². The van der Waals surface area contributed by atoms with Crippen LogP contribution < -0.4 is 10.3 Å². The number of aromatic nitrogens is 2. The van der Waals surface area contributed by atoms with Crippen LogP contribution >= 0.6 is 11.3 Å². The molecule has 0 bridgehead atoms. The lowest BCUT2D eigenvalue weighted by Crippen LogP contribution is -2.06. The molecule has 0 aliphatic carbocycles. The van der Waals surface area contributed by atoms with Gasteiger partial charge >= 0.3 is 0 Å². The fraction of sp³-hybridized carbons (Fsp3) is 0.115. The molecule has 2 aromatic carbocycles. The third kappa shape index (κ3) is 3.92. The molecule has 158 valence electrons. The number of rotatable bonds is 5. The van der Waals surface area contributed by atoms with Gasteiger partial charge in [-0.1, -0.05) is 49.4 Å². The molecule has 6 heteroatoms. The molecule has 0 amide bonds. The van der Waals surface area contributed by atoms with Gasteiger partial charge in [0.05, 0.1) is 18.4 Å². The maximum absolute atomic E-state index is 6.25. The number of hydrogen-bond acceptors (Lipinski definition) is 6. The van der Waals surface area contributed by atoms with E-state index in [0.717, 1.165) is 33.6 Å². The van der Waals surface area contributed by atoms with Gasteiger partial charge in [-0.3, -0.25) is 0 Å². The quantitative estimate of drug-likeness (QED) is 0.317. The van der Waals surface area contributed by atoms with Crippen LogP contribution in [0.1, 0.15) is 12.5 Å². The Morgan fingerprint density at radius 3 is 2.66 bits per heavy atom. The van der Waals surface area contributed by atoms with E-state index >= 15 is 0 Å². The van der Waals surface area contributed by atoms with Gasteiger partial charge in [-0.05, 0) is 36.2 Å². The summed E-state index contributed by atoms with van der Waals surface area (Å²) in [5.41, 5.74) is 5.23. The molecule has 0 atom stereocenters. The summed E-state index contributed by atoms with van der Waals surface area (Å²) in [6.45, 7) is 2.15. The average Bonchev–Trinajstić information content (AvgIpc) is 3.34. The third-order valence-corrected chi connectivity index (χ3v) is 6.09.